The van der Waals surface area contributed by atoms with Crippen LogP contribution >= 0.6 is 17.0 Å². The third kappa shape index (κ3) is 86.2. The molecule has 0 aliphatic rings. The first-order valence-electron chi connectivity index (χ1n) is 0.775. The van der Waals surface area contributed by atoms with Crippen molar-refractivity contribution < 1.29 is 32.1 Å². The molecular weight excluding hydrogens is 195 g/mol. The SMILES string of the molecule is Br.OB(O)O.[Fe]. The van der Waals surface area contributed by atoms with Gasteiger partial charge in [-0.15, -0.1) is 17.0 Å². The van der Waals surface area contributed by atoms with Crippen molar-refractivity contribution in [3.05, 3.63) is 0 Å². The standard InChI is InChI=1S/BH3O3.BrH.Fe/c2-1(3)4;;/h2-4H;1H;. The van der Waals surface area contributed by atoms with E-state index in [1.165, 1.54) is 0 Å². The first-order valence-corrected chi connectivity index (χ1v) is 0.775. The van der Waals surface area contributed by atoms with Crippen LogP contribution in [-0.2, 0) is 17.1 Å². The molecule has 0 amide bonds. The molecule has 0 radical (unpaired) electrons. The minimum Gasteiger partial charge on any atom is -0.402 e. The Hall–Kier alpha value is 0.944. The third-order valence-corrected chi connectivity index (χ3v) is 0. The molecule has 0 bridgehead atoms. The van der Waals surface area contributed by atoms with Gasteiger partial charge < -0.3 is 15.1 Å². The molecule has 0 rings (SSSR count). The predicted molar refractivity (Wildman–Crippen MR) is 22.7 cm³/mol. The molecule has 0 unspecified atom stereocenters. The second kappa shape index (κ2) is 9.34. The smallest absolute Gasteiger partial charge is 0.402 e. The summed E-state index contributed by atoms with van der Waals surface area (Å²) in [5, 5.41) is 21.5. The molecular formula is H4BBrFeO3. The Labute approximate surface area is 56.8 Å². The molecule has 3 N–H and O–H groups in total. The van der Waals surface area contributed by atoms with Gasteiger partial charge in [-0.25, -0.2) is 0 Å². The maximum atomic E-state index is 7.17. The van der Waals surface area contributed by atoms with Gasteiger partial charge in [-0.05, 0) is 0 Å². The van der Waals surface area contributed by atoms with Crippen LogP contribution in [0.5, 0.6) is 0 Å². The number of rotatable bonds is 0. The summed E-state index contributed by atoms with van der Waals surface area (Å²) in [6.45, 7) is 0. The van der Waals surface area contributed by atoms with Gasteiger partial charge in [-0.3, -0.25) is 0 Å². The Bertz CT molecular complexity index is 15.5. The largest absolute Gasteiger partial charge is 0.631 e. The van der Waals surface area contributed by atoms with Crippen LogP contribution in [0.4, 0.5) is 0 Å². The van der Waals surface area contributed by atoms with Crippen LogP contribution in [0.25, 0.3) is 0 Å². The molecule has 0 spiro atoms. The fraction of sp³-hybridized carbons (Fsp3) is 0. The molecule has 0 fully saturated rings. The summed E-state index contributed by atoms with van der Waals surface area (Å²) < 4.78 is 0. The van der Waals surface area contributed by atoms with Crippen molar-refractivity contribution in [2.45, 2.75) is 0 Å². The maximum absolute atomic E-state index is 7.17. The van der Waals surface area contributed by atoms with Gasteiger partial charge in [0.05, 0.1) is 0 Å². The Morgan fingerprint density at radius 1 is 1.00 bits per heavy atom. The molecule has 0 aliphatic heterocycles. The van der Waals surface area contributed by atoms with Crippen molar-refractivity contribution >= 4 is 24.3 Å². The monoisotopic (exact) mass is 198 g/mol. The van der Waals surface area contributed by atoms with Crippen LogP contribution in [0.3, 0.4) is 0 Å². The Morgan fingerprint density at radius 3 is 1.00 bits per heavy atom. The quantitative estimate of drug-likeness (QED) is 0.417. The molecule has 0 aromatic heterocycles. The zero-order chi connectivity index (χ0) is 3.58. The van der Waals surface area contributed by atoms with Crippen LogP contribution < -0.4 is 0 Å². The maximum Gasteiger partial charge on any atom is 0.631 e. The van der Waals surface area contributed by atoms with E-state index in [0.717, 1.165) is 0 Å². The normalized spacial score (nSPS) is 4.50. The van der Waals surface area contributed by atoms with Crippen LogP contribution in [-0.4, -0.2) is 22.4 Å². The second-order valence-electron chi connectivity index (χ2n) is 0.346. The average molecular weight is 199 g/mol. The molecule has 0 saturated carbocycles. The predicted octanol–water partition coefficient (Wildman–Crippen LogP) is -1.48. The van der Waals surface area contributed by atoms with Crippen molar-refractivity contribution in [3.8, 4) is 0 Å². The first kappa shape index (κ1) is 15.8. The van der Waals surface area contributed by atoms with Crippen LogP contribution in [0.15, 0.2) is 0 Å². The molecule has 0 aliphatic carbocycles. The molecule has 0 heterocycles. The molecule has 6 heavy (non-hydrogen) atoms. The van der Waals surface area contributed by atoms with E-state index >= 15 is 0 Å². The van der Waals surface area contributed by atoms with Crippen LogP contribution in [0.1, 0.15) is 0 Å². The fourth-order valence-electron chi connectivity index (χ4n) is 0. The number of hydrogen-bond donors (Lipinski definition) is 3. The van der Waals surface area contributed by atoms with Gasteiger partial charge in [-0.1, -0.05) is 0 Å². The Kier molecular flexibility index (Phi) is 24.6. The zero-order valence-corrected chi connectivity index (χ0v) is 5.50. The summed E-state index contributed by atoms with van der Waals surface area (Å²) in [5.41, 5.74) is 0. The minimum absolute atomic E-state index is 0. The summed E-state index contributed by atoms with van der Waals surface area (Å²) in [4.78, 5) is 0. The van der Waals surface area contributed by atoms with E-state index in [0.29, 0.717) is 0 Å². The van der Waals surface area contributed by atoms with Crippen LogP contribution in [0.2, 0.25) is 0 Å². The van der Waals surface area contributed by atoms with Crippen LogP contribution in [0, 0.1) is 0 Å². The van der Waals surface area contributed by atoms with E-state index in [2.05, 4.69) is 0 Å². The molecule has 6 heteroatoms. The summed E-state index contributed by atoms with van der Waals surface area (Å²) in [6.07, 6.45) is 0. The number of halogens is 1. The second-order valence-corrected chi connectivity index (χ2v) is 0.346. The van der Waals surface area contributed by atoms with E-state index in [4.69, 9.17) is 15.1 Å². The van der Waals surface area contributed by atoms with E-state index in [9.17, 15) is 0 Å². The fourth-order valence-corrected chi connectivity index (χ4v) is 0. The van der Waals surface area contributed by atoms with Gasteiger partial charge in [-0.2, -0.15) is 0 Å². The number of hydrogen-bond acceptors (Lipinski definition) is 3. The first-order chi connectivity index (χ1) is 1.73. The summed E-state index contributed by atoms with van der Waals surface area (Å²) >= 11 is 0. The van der Waals surface area contributed by atoms with E-state index in [-0.39, 0.29) is 34.1 Å². The van der Waals surface area contributed by atoms with E-state index in [1.807, 2.05) is 0 Å². The van der Waals surface area contributed by atoms with Gasteiger partial charge in [0.25, 0.3) is 0 Å². The van der Waals surface area contributed by atoms with E-state index in [1.54, 1.807) is 0 Å². The molecule has 0 aromatic rings. The van der Waals surface area contributed by atoms with Crippen molar-refractivity contribution in [2.75, 3.05) is 0 Å². The Morgan fingerprint density at radius 2 is 1.00 bits per heavy atom. The van der Waals surface area contributed by atoms with Crippen molar-refractivity contribution in [1.82, 2.24) is 0 Å². The average Bonchev–Trinajstić information content (AvgIpc) is 0.811. The van der Waals surface area contributed by atoms with Crippen molar-refractivity contribution in [3.63, 3.8) is 0 Å². The molecule has 0 saturated heterocycles. The molecule has 3 nitrogen and oxygen atoms in total. The van der Waals surface area contributed by atoms with Gasteiger partial charge in [0.1, 0.15) is 0 Å². The van der Waals surface area contributed by atoms with Crippen molar-refractivity contribution in [2.24, 2.45) is 0 Å². The molecule has 0 atom stereocenters. The van der Waals surface area contributed by atoms with Gasteiger partial charge >= 0.3 is 7.32 Å². The van der Waals surface area contributed by atoms with Gasteiger partial charge in [0.15, 0.2) is 0 Å². The topological polar surface area (TPSA) is 60.7 Å². The third-order valence-electron chi connectivity index (χ3n) is 0. The summed E-state index contributed by atoms with van der Waals surface area (Å²) in [5.74, 6) is 0. The minimum atomic E-state index is -2.17. The zero-order valence-electron chi connectivity index (χ0n) is 2.68. The molecule has 0 aromatic carbocycles. The van der Waals surface area contributed by atoms with Gasteiger partial charge in [0.2, 0.25) is 0 Å². The summed E-state index contributed by atoms with van der Waals surface area (Å²) in [7, 11) is -2.17. The summed E-state index contributed by atoms with van der Waals surface area (Å²) in [6, 6.07) is 0. The van der Waals surface area contributed by atoms with Gasteiger partial charge in [0, 0.05) is 17.1 Å². The molecule has 40 valence electrons. The van der Waals surface area contributed by atoms with Crippen molar-refractivity contribution in [1.29, 1.82) is 0 Å². The van der Waals surface area contributed by atoms with E-state index < -0.39 is 7.32 Å². The Balaban J connectivity index is -0.0000000450.